The second-order valence-corrected chi connectivity index (χ2v) is 17.0. The lowest BCUT2D eigenvalue weighted by Gasteiger charge is -2.23. The highest BCUT2D eigenvalue weighted by atomic mass is 35.5. The van der Waals surface area contributed by atoms with E-state index in [-0.39, 0.29) is 12.0 Å². The Morgan fingerprint density at radius 1 is 1.21 bits per heavy atom. The highest BCUT2D eigenvalue weighted by molar-refractivity contribution is 6.76. The Bertz CT molecular complexity index is 1460. The normalized spacial score (nSPS) is 16.1. The minimum atomic E-state index is -1.13. The predicted molar refractivity (Wildman–Crippen MR) is 149 cm³/mol. The number of benzene rings is 1. The molecule has 4 heterocycles. The average molecular weight is 554 g/mol. The molecule has 0 radical (unpaired) electrons. The van der Waals surface area contributed by atoms with Crippen LogP contribution in [-0.2, 0) is 16.2 Å². The van der Waals surface area contributed by atoms with Gasteiger partial charge in [0.2, 0.25) is 0 Å². The molecule has 12 heteroatoms. The Balaban J connectivity index is 1.37. The molecular weight excluding hydrogens is 522 g/mol. The largest absolute Gasteiger partial charge is 0.447 e. The summed E-state index contributed by atoms with van der Waals surface area (Å²) in [6.45, 7) is 12.5. The van der Waals surface area contributed by atoms with E-state index in [1.54, 1.807) is 38.9 Å². The van der Waals surface area contributed by atoms with Crippen LogP contribution in [0.2, 0.25) is 30.7 Å². The van der Waals surface area contributed by atoms with Gasteiger partial charge in [0.25, 0.3) is 0 Å². The first-order valence-corrected chi connectivity index (χ1v) is 16.8. The number of ether oxygens (including phenoxy) is 2. The molecule has 1 aliphatic heterocycles. The number of hydrogen-bond donors (Lipinski definition) is 0. The molecule has 1 amide bonds. The molecule has 1 saturated heterocycles. The lowest BCUT2D eigenvalue weighted by Crippen LogP contribution is -2.37. The van der Waals surface area contributed by atoms with Crippen LogP contribution < -0.4 is 4.90 Å². The highest BCUT2D eigenvalue weighted by Gasteiger charge is 2.37. The van der Waals surface area contributed by atoms with Gasteiger partial charge < -0.3 is 9.47 Å². The molecule has 3 aromatic heterocycles. The molecule has 5 rings (SSSR count). The highest BCUT2D eigenvalue weighted by Crippen LogP contribution is 2.34. The number of halogens is 1. The second kappa shape index (κ2) is 10.5. The molecule has 1 atom stereocenters. The van der Waals surface area contributed by atoms with Crippen LogP contribution in [0.1, 0.15) is 13.8 Å². The first-order chi connectivity index (χ1) is 18.1. The lowest BCUT2D eigenvalue weighted by molar-refractivity contribution is 0.0785. The van der Waals surface area contributed by atoms with Crippen molar-refractivity contribution in [2.24, 2.45) is 5.92 Å². The second-order valence-electron chi connectivity index (χ2n) is 11.0. The van der Waals surface area contributed by atoms with Crippen molar-refractivity contribution in [2.45, 2.75) is 52.3 Å². The predicted octanol–water partition coefficient (Wildman–Crippen LogP) is 5.60. The molecule has 1 aliphatic rings. The third-order valence-electron chi connectivity index (χ3n) is 6.55. The zero-order valence-corrected chi connectivity index (χ0v) is 24.0. The molecule has 0 spiro atoms. The Kier molecular flexibility index (Phi) is 7.25. The zero-order chi connectivity index (χ0) is 27.0. The molecule has 0 N–H and O–H groups in total. The molecule has 0 bridgehead atoms. The summed E-state index contributed by atoms with van der Waals surface area (Å²) in [5.74, 6) is 1.31. The summed E-state index contributed by atoms with van der Waals surface area (Å²) in [6, 6.07) is 8.47. The number of nitrogens with zero attached hydrogens (tertiary/aromatic N) is 7. The Morgan fingerprint density at radius 3 is 2.76 bits per heavy atom. The maximum atomic E-state index is 12.5. The standard InChI is InChI=1S/C26H32ClN7O3Si/c1-17(2)22-14-37-26(35)34(22)23-8-9-33-25(30-23)20(13-29-33)19-7-6-18(12-21(19)27)24-28-15-32(31-24)16-36-10-11-38(3,4)5/h6-9,12-13,15,17,22H,10-11,14,16H2,1-5H3/t22-/m1/s1. The molecule has 0 saturated carbocycles. The van der Waals surface area contributed by atoms with Gasteiger partial charge in [-0.2, -0.15) is 5.10 Å². The minimum absolute atomic E-state index is 0.0789. The van der Waals surface area contributed by atoms with Crippen molar-refractivity contribution in [1.82, 2.24) is 29.4 Å². The number of cyclic esters (lactones) is 1. The summed E-state index contributed by atoms with van der Waals surface area (Å²) in [5.41, 5.74) is 2.92. The van der Waals surface area contributed by atoms with Crippen LogP contribution in [0.3, 0.4) is 0 Å². The summed E-state index contributed by atoms with van der Waals surface area (Å²) >= 11 is 6.75. The van der Waals surface area contributed by atoms with Gasteiger partial charge in [-0.1, -0.05) is 57.2 Å². The van der Waals surface area contributed by atoms with Crippen molar-refractivity contribution < 1.29 is 14.3 Å². The monoisotopic (exact) mass is 553 g/mol. The summed E-state index contributed by atoms with van der Waals surface area (Å²) in [5, 5.41) is 9.49. The van der Waals surface area contributed by atoms with Crippen molar-refractivity contribution in [3.63, 3.8) is 0 Å². The van der Waals surface area contributed by atoms with E-state index in [1.807, 2.05) is 18.2 Å². The lowest BCUT2D eigenvalue weighted by atomic mass is 10.0. The van der Waals surface area contributed by atoms with E-state index in [9.17, 15) is 4.79 Å². The third-order valence-corrected chi connectivity index (χ3v) is 8.57. The van der Waals surface area contributed by atoms with Gasteiger partial charge >= 0.3 is 6.09 Å². The van der Waals surface area contributed by atoms with Crippen molar-refractivity contribution in [2.75, 3.05) is 18.1 Å². The Morgan fingerprint density at radius 2 is 2.03 bits per heavy atom. The van der Waals surface area contributed by atoms with E-state index in [0.717, 1.165) is 29.3 Å². The van der Waals surface area contributed by atoms with Gasteiger partial charge in [0.1, 0.15) is 25.5 Å². The topological polar surface area (TPSA) is 99.7 Å². The molecule has 10 nitrogen and oxygen atoms in total. The van der Waals surface area contributed by atoms with E-state index in [0.29, 0.717) is 35.6 Å². The van der Waals surface area contributed by atoms with Crippen molar-refractivity contribution >= 4 is 37.2 Å². The molecular formula is C26H32ClN7O3Si. The Labute approximate surface area is 227 Å². The third kappa shape index (κ3) is 5.45. The first kappa shape index (κ1) is 26.3. The van der Waals surface area contributed by atoms with Crippen LogP contribution in [0.25, 0.3) is 28.2 Å². The summed E-state index contributed by atoms with van der Waals surface area (Å²) in [4.78, 5) is 23.3. The molecule has 1 fully saturated rings. The number of anilines is 1. The number of rotatable bonds is 9. The van der Waals surface area contributed by atoms with E-state index < -0.39 is 14.2 Å². The van der Waals surface area contributed by atoms with E-state index in [4.69, 9.17) is 26.1 Å². The number of carbonyl (C=O) groups is 1. The van der Waals surface area contributed by atoms with E-state index in [2.05, 4.69) is 48.7 Å². The molecule has 200 valence electrons. The molecule has 38 heavy (non-hydrogen) atoms. The summed E-state index contributed by atoms with van der Waals surface area (Å²) in [6.07, 6.45) is 4.78. The first-order valence-electron chi connectivity index (χ1n) is 12.7. The molecule has 4 aromatic rings. The summed E-state index contributed by atoms with van der Waals surface area (Å²) < 4.78 is 14.4. The quantitative estimate of drug-likeness (QED) is 0.196. The van der Waals surface area contributed by atoms with Gasteiger partial charge in [-0.15, -0.1) is 5.10 Å². The smallest absolute Gasteiger partial charge is 0.415 e. The molecule has 0 aliphatic carbocycles. The summed E-state index contributed by atoms with van der Waals surface area (Å²) in [7, 11) is -1.13. The fourth-order valence-electron chi connectivity index (χ4n) is 4.27. The van der Waals surface area contributed by atoms with Gasteiger partial charge in [-0.25, -0.2) is 24.0 Å². The van der Waals surface area contributed by atoms with E-state index in [1.165, 1.54) is 0 Å². The SMILES string of the molecule is CC(C)[C@H]1COC(=O)N1c1ccn2ncc(-c3ccc(-c4ncn(COCC[Si](C)(C)C)n4)cc3Cl)c2n1. The van der Waals surface area contributed by atoms with Crippen molar-refractivity contribution in [3.8, 4) is 22.5 Å². The van der Waals surface area contributed by atoms with Crippen molar-refractivity contribution in [1.29, 1.82) is 0 Å². The van der Waals surface area contributed by atoms with Crippen LogP contribution in [0.15, 0.2) is 43.0 Å². The van der Waals surface area contributed by atoms with Gasteiger partial charge in [0.15, 0.2) is 11.5 Å². The fraction of sp³-hybridized carbons (Fsp3) is 0.423. The van der Waals surface area contributed by atoms with Crippen molar-refractivity contribution in [3.05, 3.63) is 48.0 Å². The molecule has 1 aromatic carbocycles. The number of fused-ring (bicyclic) bond motifs is 1. The van der Waals surface area contributed by atoms with Crippen LogP contribution in [-0.4, -0.2) is 62.8 Å². The molecule has 0 unspecified atom stereocenters. The van der Waals surface area contributed by atoms with Gasteiger partial charge in [0, 0.05) is 42.6 Å². The fourth-order valence-corrected chi connectivity index (χ4v) is 5.31. The van der Waals surface area contributed by atoms with Crippen LogP contribution >= 0.6 is 11.6 Å². The van der Waals surface area contributed by atoms with Gasteiger partial charge in [-0.3, -0.25) is 4.90 Å². The maximum absolute atomic E-state index is 12.5. The van der Waals surface area contributed by atoms with Gasteiger partial charge in [0.05, 0.1) is 12.2 Å². The number of carbonyl (C=O) groups excluding carboxylic acids is 1. The average Bonchev–Trinajstić information content (AvgIpc) is 3.59. The van der Waals surface area contributed by atoms with Crippen LogP contribution in [0.4, 0.5) is 10.6 Å². The number of hydrogen-bond acceptors (Lipinski definition) is 7. The van der Waals surface area contributed by atoms with Crippen LogP contribution in [0.5, 0.6) is 0 Å². The number of aromatic nitrogens is 6. The minimum Gasteiger partial charge on any atom is -0.447 e. The zero-order valence-electron chi connectivity index (χ0n) is 22.3. The van der Waals surface area contributed by atoms with E-state index >= 15 is 0 Å². The number of amides is 1. The van der Waals surface area contributed by atoms with Gasteiger partial charge in [-0.05, 0) is 24.1 Å². The Hall–Kier alpha value is -3.28. The van der Waals surface area contributed by atoms with Crippen LogP contribution in [0, 0.1) is 5.92 Å². The maximum Gasteiger partial charge on any atom is 0.415 e.